The highest BCUT2D eigenvalue weighted by molar-refractivity contribution is 6.30. The van der Waals surface area contributed by atoms with Gasteiger partial charge in [-0.1, -0.05) is 23.7 Å². The van der Waals surface area contributed by atoms with Crippen molar-refractivity contribution in [2.24, 2.45) is 5.84 Å². The number of benzene rings is 1. The van der Waals surface area contributed by atoms with Gasteiger partial charge in [0, 0.05) is 23.1 Å². The summed E-state index contributed by atoms with van der Waals surface area (Å²) < 4.78 is 0. The van der Waals surface area contributed by atoms with E-state index in [0.717, 1.165) is 16.7 Å². The molecule has 0 aliphatic rings. The average Bonchev–Trinajstić information content (AvgIpc) is 2.33. The molecule has 1 aromatic heterocycles. The largest absolute Gasteiger partial charge is 0.398 e. The first-order chi connectivity index (χ1) is 8.61. The molecule has 0 spiro atoms. The highest BCUT2D eigenvalue weighted by Gasteiger charge is 2.15. The molecule has 0 fully saturated rings. The van der Waals surface area contributed by atoms with Crippen molar-refractivity contribution < 1.29 is 0 Å². The van der Waals surface area contributed by atoms with Gasteiger partial charge in [0.25, 0.3) is 0 Å². The van der Waals surface area contributed by atoms with Gasteiger partial charge in [-0.2, -0.15) is 0 Å². The molecular weight excluding hydrogens is 248 g/mol. The molecule has 0 saturated heterocycles. The normalized spacial score (nSPS) is 12.4. The average molecular weight is 263 g/mol. The molecule has 0 radical (unpaired) electrons. The zero-order valence-corrected chi connectivity index (χ0v) is 10.8. The van der Waals surface area contributed by atoms with Crippen LogP contribution in [0.4, 0.5) is 5.69 Å². The van der Waals surface area contributed by atoms with Crippen molar-refractivity contribution in [1.29, 1.82) is 0 Å². The zero-order valence-electron chi connectivity index (χ0n) is 10.0. The summed E-state index contributed by atoms with van der Waals surface area (Å²) in [5.74, 6) is 5.63. The second-order valence-corrected chi connectivity index (χ2v) is 4.60. The minimum absolute atomic E-state index is 0.199. The van der Waals surface area contributed by atoms with E-state index in [-0.39, 0.29) is 6.04 Å². The van der Waals surface area contributed by atoms with E-state index in [1.54, 1.807) is 24.5 Å². The topological polar surface area (TPSA) is 77.0 Å². The van der Waals surface area contributed by atoms with Crippen LogP contribution in [0.25, 0.3) is 0 Å². The zero-order chi connectivity index (χ0) is 13.1. The maximum absolute atomic E-state index is 5.97. The number of nitrogens with one attached hydrogen (secondary N) is 1. The molecular formula is C13H15ClN4. The Labute approximate surface area is 111 Å². The Balaban J connectivity index is 2.45. The lowest BCUT2D eigenvalue weighted by Gasteiger charge is -2.19. The first-order valence-electron chi connectivity index (χ1n) is 5.54. The second-order valence-electron chi connectivity index (χ2n) is 4.17. The molecule has 5 heteroatoms. The van der Waals surface area contributed by atoms with Gasteiger partial charge in [0.15, 0.2) is 0 Å². The van der Waals surface area contributed by atoms with Crippen LogP contribution in [0, 0.1) is 6.92 Å². The molecule has 5 N–H and O–H groups in total. The lowest BCUT2D eigenvalue weighted by molar-refractivity contribution is 0.636. The first kappa shape index (κ1) is 12.8. The Hall–Kier alpha value is -1.62. The Morgan fingerprint density at radius 2 is 2.06 bits per heavy atom. The van der Waals surface area contributed by atoms with Gasteiger partial charge >= 0.3 is 0 Å². The van der Waals surface area contributed by atoms with Crippen LogP contribution in [0.5, 0.6) is 0 Å². The number of nitrogens with zero attached hydrogens (tertiary/aromatic N) is 1. The van der Waals surface area contributed by atoms with Gasteiger partial charge < -0.3 is 5.73 Å². The predicted molar refractivity (Wildman–Crippen MR) is 74.0 cm³/mol. The summed E-state index contributed by atoms with van der Waals surface area (Å²) in [6.45, 7) is 1.98. The number of halogens is 1. The molecule has 0 saturated carbocycles. The van der Waals surface area contributed by atoms with Crippen LogP contribution >= 0.6 is 11.6 Å². The number of rotatable bonds is 3. The fourth-order valence-corrected chi connectivity index (χ4v) is 2.09. The van der Waals surface area contributed by atoms with Gasteiger partial charge in [0.05, 0.1) is 6.04 Å². The van der Waals surface area contributed by atoms with Crippen molar-refractivity contribution in [3.8, 4) is 0 Å². The summed E-state index contributed by atoms with van der Waals surface area (Å²) in [4.78, 5) is 4.16. The minimum atomic E-state index is -0.199. The van der Waals surface area contributed by atoms with E-state index in [1.807, 2.05) is 19.1 Å². The Kier molecular flexibility index (Phi) is 3.81. The Morgan fingerprint density at radius 1 is 1.28 bits per heavy atom. The van der Waals surface area contributed by atoms with Crippen LogP contribution < -0.4 is 17.0 Å². The Morgan fingerprint density at radius 3 is 2.67 bits per heavy atom. The maximum Gasteiger partial charge on any atom is 0.0745 e. The molecule has 0 amide bonds. The van der Waals surface area contributed by atoms with Gasteiger partial charge in [0.1, 0.15) is 0 Å². The third-order valence-corrected chi connectivity index (χ3v) is 2.99. The number of hydrazine groups is 1. The lowest BCUT2D eigenvalue weighted by atomic mass is 9.98. The number of aryl methyl sites for hydroxylation is 1. The van der Waals surface area contributed by atoms with Crippen molar-refractivity contribution in [2.75, 3.05) is 5.73 Å². The van der Waals surface area contributed by atoms with Gasteiger partial charge in [-0.15, -0.1) is 0 Å². The number of pyridine rings is 1. The number of hydrogen-bond acceptors (Lipinski definition) is 4. The van der Waals surface area contributed by atoms with Crippen LogP contribution in [0.3, 0.4) is 0 Å². The van der Waals surface area contributed by atoms with Crippen LogP contribution in [-0.2, 0) is 0 Å². The fraction of sp³-hybridized carbons (Fsp3) is 0.154. The van der Waals surface area contributed by atoms with Gasteiger partial charge in [-0.25, -0.2) is 5.43 Å². The van der Waals surface area contributed by atoms with Gasteiger partial charge in [0.2, 0.25) is 0 Å². The minimum Gasteiger partial charge on any atom is -0.398 e. The molecule has 2 rings (SSSR count). The number of anilines is 1. The van der Waals surface area contributed by atoms with E-state index in [1.165, 1.54) is 0 Å². The van der Waals surface area contributed by atoms with E-state index in [9.17, 15) is 0 Å². The monoisotopic (exact) mass is 262 g/mol. The fourth-order valence-electron chi connectivity index (χ4n) is 1.91. The van der Waals surface area contributed by atoms with Crippen LogP contribution in [0.2, 0.25) is 5.02 Å². The molecule has 2 aromatic rings. The third-order valence-electron chi connectivity index (χ3n) is 2.76. The quantitative estimate of drug-likeness (QED) is 0.450. The van der Waals surface area contributed by atoms with E-state index >= 15 is 0 Å². The van der Waals surface area contributed by atoms with Crippen LogP contribution in [0.1, 0.15) is 22.7 Å². The summed E-state index contributed by atoms with van der Waals surface area (Å²) >= 11 is 5.89. The van der Waals surface area contributed by atoms with Crippen molar-refractivity contribution in [3.05, 3.63) is 58.4 Å². The summed E-state index contributed by atoms with van der Waals surface area (Å²) in [5, 5.41) is 0.606. The lowest BCUT2D eigenvalue weighted by Crippen LogP contribution is -2.29. The van der Waals surface area contributed by atoms with E-state index < -0.39 is 0 Å². The standard InChI is InChI=1S/C13H15ClN4/c1-8-4-9(7-17-6-8)13(18-16)11-3-2-10(14)5-12(11)15/h2-7,13,18H,15-16H2,1H3. The third kappa shape index (κ3) is 2.61. The van der Waals surface area contributed by atoms with Crippen molar-refractivity contribution in [3.63, 3.8) is 0 Å². The number of aromatic nitrogens is 1. The highest BCUT2D eigenvalue weighted by Crippen LogP contribution is 2.28. The van der Waals surface area contributed by atoms with Crippen molar-refractivity contribution >= 4 is 17.3 Å². The molecule has 0 aliphatic carbocycles. The maximum atomic E-state index is 5.97. The summed E-state index contributed by atoms with van der Waals surface area (Å²) in [7, 11) is 0. The molecule has 0 bridgehead atoms. The molecule has 1 heterocycles. The van der Waals surface area contributed by atoms with Crippen LogP contribution in [0.15, 0.2) is 36.7 Å². The Bertz CT molecular complexity index is 556. The SMILES string of the molecule is Cc1cncc(C(NN)c2ccc(Cl)cc2N)c1. The smallest absolute Gasteiger partial charge is 0.0745 e. The van der Waals surface area contributed by atoms with Crippen molar-refractivity contribution in [1.82, 2.24) is 10.4 Å². The molecule has 0 aliphatic heterocycles. The number of nitrogens with two attached hydrogens (primary N) is 2. The number of nitrogen functional groups attached to an aromatic ring is 1. The van der Waals surface area contributed by atoms with E-state index in [0.29, 0.717) is 10.7 Å². The predicted octanol–water partition coefficient (Wildman–Crippen LogP) is 2.18. The molecule has 94 valence electrons. The first-order valence-corrected chi connectivity index (χ1v) is 5.92. The summed E-state index contributed by atoms with van der Waals surface area (Å²) in [6, 6.07) is 7.19. The molecule has 18 heavy (non-hydrogen) atoms. The summed E-state index contributed by atoms with van der Waals surface area (Å²) in [5.41, 5.74) is 12.3. The highest BCUT2D eigenvalue weighted by atomic mass is 35.5. The number of hydrogen-bond donors (Lipinski definition) is 3. The summed E-state index contributed by atoms with van der Waals surface area (Å²) in [6.07, 6.45) is 3.56. The van der Waals surface area contributed by atoms with Gasteiger partial charge in [-0.3, -0.25) is 10.8 Å². The van der Waals surface area contributed by atoms with E-state index in [2.05, 4.69) is 10.4 Å². The molecule has 1 atom stereocenters. The molecule has 1 unspecified atom stereocenters. The second kappa shape index (κ2) is 5.35. The van der Waals surface area contributed by atoms with E-state index in [4.69, 9.17) is 23.2 Å². The van der Waals surface area contributed by atoms with Crippen LogP contribution in [-0.4, -0.2) is 4.98 Å². The van der Waals surface area contributed by atoms with Crippen molar-refractivity contribution in [2.45, 2.75) is 13.0 Å². The molecule has 4 nitrogen and oxygen atoms in total. The molecule has 1 aromatic carbocycles. The van der Waals surface area contributed by atoms with Gasteiger partial charge in [-0.05, 0) is 35.7 Å².